The third kappa shape index (κ3) is 3.88. The van der Waals surface area contributed by atoms with Crippen molar-refractivity contribution >= 4 is 28.9 Å². The van der Waals surface area contributed by atoms with Crippen LogP contribution in [0.15, 0.2) is 34.9 Å². The second kappa shape index (κ2) is 7.73. The standard InChI is InChI=1S/C21H18ClFN4O4/c1-11-24-20(31-26-11)7-14-9-29-18-6-13(23)2-3-17(18)27(14)8-12-4-15(22)21-16(5-12)25-19(28)10-30-21/h2-6,14H,7-10H2,1H3,(H,25,28)/t14-/m0/s1. The van der Waals surface area contributed by atoms with Crippen LogP contribution in [0, 0.1) is 12.7 Å². The molecule has 3 heterocycles. The van der Waals surface area contributed by atoms with Crippen molar-refractivity contribution in [3.05, 3.63) is 58.5 Å². The summed E-state index contributed by atoms with van der Waals surface area (Å²) in [7, 11) is 0. The zero-order chi connectivity index (χ0) is 21.5. The zero-order valence-electron chi connectivity index (χ0n) is 16.5. The van der Waals surface area contributed by atoms with Gasteiger partial charge in [0.15, 0.2) is 18.2 Å². The molecule has 1 N–H and O–H groups in total. The molecule has 0 bridgehead atoms. The van der Waals surface area contributed by atoms with Crippen LogP contribution in [0.1, 0.15) is 17.3 Å². The van der Waals surface area contributed by atoms with Gasteiger partial charge in [0.25, 0.3) is 5.91 Å². The molecule has 5 rings (SSSR count). The second-order valence-corrected chi connectivity index (χ2v) is 7.84. The molecule has 0 saturated carbocycles. The Kier molecular flexibility index (Phi) is 4.90. The summed E-state index contributed by atoms with van der Waals surface area (Å²) in [6.07, 6.45) is 0.455. The fraction of sp³-hybridized carbons (Fsp3) is 0.286. The lowest BCUT2D eigenvalue weighted by Crippen LogP contribution is -2.44. The normalized spacial score (nSPS) is 17.3. The highest BCUT2D eigenvalue weighted by molar-refractivity contribution is 6.33. The average molecular weight is 445 g/mol. The van der Waals surface area contributed by atoms with Crippen molar-refractivity contribution in [2.24, 2.45) is 0 Å². The van der Waals surface area contributed by atoms with Crippen LogP contribution < -0.4 is 19.7 Å². The van der Waals surface area contributed by atoms with E-state index in [1.807, 2.05) is 6.07 Å². The third-order valence-corrected chi connectivity index (χ3v) is 5.44. The fourth-order valence-electron chi connectivity index (χ4n) is 3.82. The van der Waals surface area contributed by atoms with E-state index >= 15 is 0 Å². The first-order chi connectivity index (χ1) is 15.0. The number of aromatic nitrogens is 2. The van der Waals surface area contributed by atoms with Gasteiger partial charge in [-0.2, -0.15) is 4.98 Å². The SMILES string of the molecule is Cc1noc(C[C@H]2COc3cc(F)ccc3N2Cc2cc(Cl)c3c(c2)NC(=O)CO3)n1. The van der Waals surface area contributed by atoms with E-state index in [9.17, 15) is 9.18 Å². The van der Waals surface area contributed by atoms with Gasteiger partial charge < -0.3 is 24.2 Å². The molecule has 10 heteroatoms. The number of halogens is 2. The van der Waals surface area contributed by atoms with Crippen LogP contribution in [-0.2, 0) is 17.8 Å². The topological polar surface area (TPSA) is 89.7 Å². The Bertz CT molecular complexity index is 1170. The van der Waals surface area contributed by atoms with Gasteiger partial charge in [-0.15, -0.1) is 0 Å². The molecule has 0 radical (unpaired) electrons. The molecule has 0 fully saturated rings. The van der Waals surface area contributed by atoms with Crippen molar-refractivity contribution in [3.8, 4) is 11.5 Å². The van der Waals surface area contributed by atoms with Crippen LogP contribution in [0.2, 0.25) is 5.02 Å². The average Bonchev–Trinajstić information content (AvgIpc) is 3.14. The minimum atomic E-state index is -0.374. The van der Waals surface area contributed by atoms with E-state index in [-0.39, 0.29) is 24.4 Å². The summed E-state index contributed by atoms with van der Waals surface area (Å²) in [5.74, 6) is 1.34. The number of benzene rings is 2. The van der Waals surface area contributed by atoms with Crippen LogP contribution in [0.25, 0.3) is 0 Å². The molecule has 0 unspecified atom stereocenters. The Morgan fingerprint density at radius 2 is 2.16 bits per heavy atom. The number of carbonyl (C=O) groups excluding carboxylic acids is 1. The summed E-state index contributed by atoms with van der Waals surface area (Å²) >= 11 is 6.40. The molecule has 8 nitrogen and oxygen atoms in total. The van der Waals surface area contributed by atoms with Crippen molar-refractivity contribution in [2.45, 2.75) is 25.9 Å². The summed E-state index contributed by atoms with van der Waals surface area (Å²) in [6.45, 7) is 2.44. The van der Waals surface area contributed by atoms with Crippen LogP contribution in [0.4, 0.5) is 15.8 Å². The lowest BCUT2D eigenvalue weighted by atomic mass is 10.1. The first-order valence-corrected chi connectivity index (χ1v) is 10.1. The van der Waals surface area contributed by atoms with Gasteiger partial charge in [0.1, 0.15) is 18.2 Å². The van der Waals surface area contributed by atoms with Gasteiger partial charge in [0.05, 0.1) is 28.9 Å². The van der Waals surface area contributed by atoms with E-state index in [0.717, 1.165) is 11.3 Å². The van der Waals surface area contributed by atoms with Gasteiger partial charge in [0, 0.05) is 12.6 Å². The predicted molar refractivity (Wildman–Crippen MR) is 110 cm³/mol. The van der Waals surface area contributed by atoms with E-state index in [4.69, 9.17) is 25.6 Å². The van der Waals surface area contributed by atoms with Crippen molar-refractivity contribution in [3.63, 3.8) is 0 Å². The van der Waals surface area contributed by atoms with E-state index in [0.29, 0.717) is 53.5 Å². The van der Waals surface area contributed by atoms with Gasteiger partial charge in [-0.05, 0) is 36.8 Å². The Balaban J connectivity index is 1.49. The number of ether oxygens (including phenoxy) is 2. The summed E-state index contributed by atoms with van der Waals surface area (Å²) in [5.41, 5.74) is 2.11. The quantitative estimate of drug-likeness (QED) is 0.658. The molecular formula is C21H18ClFN4O4. The Hall–Kier alpha value is -3.33. The number of fused-ring (bicyclic) bond motifs is 2. The molecule has 0 spiro atoms. The molecule has 160 valence electrons. The van der Waals surface area contributed by atoms with Crippen molar-refractivity contribution in [2.75, 3.05) is 23.4 Å². The first kappa shape index (κ1) is 19.6. The van der Waals surface area contributed by atoms with Gasteiger partial charge in [-0.1, -0.05) is 16.8 Å². The van der Waals surface area contributed by atoms with Crippen LogP contribution in [-0.4, -0.2) is 35.3 Å². The predicted octanol–water partition coefficient (Wildman–Crippen LogP) is 3.51. The molecule has 3 aromatic rings. The number of anilines is 2. The molecule has 1 aromatic heterocycles. The largest absolute Gasteiger partial charge is 0.489 e. The lowest BCUT2D eigenvalue weighted by molar-refractivity contribution is -0.118. The van der Waals surface area contributed by atoms with E-state index in [1.165, 1.54) is 12.1 Å². The van der Waals surface area contributed by atoms with Gasteiger partial charge in [-0.25, -0.2) is 4.39 Å². The van der Waals surface area contributed by atoms with Gasteiger partial charge >= 0.3 is 0 Å². The smallest absolute Gasteiger partial charge is 0.262 e. The number of hydrogen-bond donors (Lipinski definition) is 1. The van der Waals surface area contributed by atoms with E-state index in [1.54, 1.807) is 19.1 Å². The molecule has 2 aromatic carbocycles. The minimum Gasteiger partial charge on any atom is -0.489 e. The maximum absolute atomic E-state index is 13.8. The molecule has 0 aliphatic carbocycles. The Labute approximate surface area is 181 Å². The van der Waals surface area contributed by atoms with Crippen LogP contribution in [0.3, 0.4) is 0 Å². The summed E-state index contributed by atoms with van der Waals surface area (Å²) in [4.78, 5) is 18.1. The monoisotopic (exact) mass is 444 g/mol. The Morgan fingerprint density at radius 3 is 2.97 bits per heavy atom. The highest BCUT2D eigenvalue weighted by Crippen LogP contribution is 2.40. The molecule has 0 saturated heterocycles. The summed E-state index contributed by atoms with van der Waals surface area (Å²) in [6, 6.07) is 7.92. The number of amides is 1. The highest BCUT2D eigenvalue weighted by Gasteiger charge is 2.30. The summed E-state index contributed by atoms with van der Waals surface area (Å²) in [5, 5.41) is 7.04. The maximum atomic E-state index is 13.8. The van der Waals surface area contributed by atoms with Gasteiger partial charge in [0.2, 0.25) is 5.89 Å². The molecule has 31 heavy (non-hydrogen) atoms. The van der Waals surface area contributed by atoms with Crippen molar-refractivity contribution in [1.29, 1.82) is 0 Å². The number of nitrogens with one attached hydrogen (secondary N) is 1. The number of rotatable bonds is 4. The summed E-state index contributed by atoms with van der Waals surface area (Å²) < 4.78 is 30.3. The van der Waals surface area contributed by atoms with Crippen molar-refractivity contribution in [1.82, 2.24) is 10.1 Å². The third-order valence-electron chi connectivity index (χ3n) is 5.16. The Morgan fingerprint density at radius 1 is 1.29 bits per heavy atom. The van der Waals surface area contributed by atoms with Gasteiger partial charge in [-0.3, -0.25) is 4.79 Å². The van der Waals surface area contributed by atoms with Crippen molar-refractivity contribution < 1.29 is 23.2 Å². The fourth-order valence-corrected chi connectivity index (χ4v) is 4.12. The van der Waals surface area contributed by atoms with Crippen LogP contribution in [0.5, 0.6) is 11.5 Å². The number of nitrogens with zero attached hydrogens (tertiary/aromatic N) is 3. The second-order valence-electron chi connectivity index (χ2n) is 7.44. The minimum absolute atomic E-state index is 0.0693. The first-order valence-electron chi connectivity index (χ1n) is 9.69. The maximum Gasteiger partial charge on any atom is 0.262 e. The molecular weight excluding hydrogens is 427 g/mol. The zero-order valence-corrected chi connectivity index (χ0v) is 17.3. The molecule has 1 amide bonds. The molecule has 1 atom stereocenters. The van der Waals surface area contributed by atoms with E-state index in [2.05, 4.69) is 20.4 Å². The van der Waals surface area contributed by atoms with Crippen LogP contribution >= 0.6 is 11.6 Å². The number of aryl methyl sites for hydroxylation is 1. The highest BCUT2D eigenvalue weighted by atomic mass is 35.5. The molecule has 2 aliphatic heterocycles. The van der Waals surface area contributed by atoms with E-state index < -0.39 is 0 Å². The molecule has 2 aliphatic rings. The number of hydrogen-bond acceptors (Lipinski definition) is 7. The lowest BCUT2D eigenvalue weighted by Gasteiger charge is -2.38. The number of carbonyl (C=O) groups is 1.